The minimum atomic E-state index is -1.27. The lowest BCUT2D eigenvalue weighted by atomic mass is 9.86. The third-order valence-electron chi connectivity index (χ3n) is 7.65. The van der Waals surface area contributed by atoms with E-state index in [-0.39, 0.29) is 24.5 Å². The third-order valence-corrected chi connectivity index (χ3v) is 9.35. The molecule has 11 nitrogen and oxygen atoms in total. The van der Waals surface area contributed by atoms with Crippen LogP contribution in [0.4, 0.5) is 5.82 Å². The van der Waals surface area contributed by atoms with Crippen molar-refractivity contribution < 1.29 is 23.9 Å². The van der Waals surface area contributed by atoms with Crippen molar-refractivity contribution in [2.45, 2.75) is 65.1 Å². The second kappa shape index (κ2) is 13.2. The molecule has 1 aliphatic heterocycles. The monoisotopic (exact) mass is 626 g/mol. The van der Waals surface area contributed by atoms with Gasteiger partial charge in [0.1, 0.15) is 24.7 Å². The number of carbonyl (C=O) groups is 3. The Balaban J connectivity index is 1.39. The molecular weight excluding hydrogens is 588 g/mol. The Hall–Kier alpha value is -4.55. The largest absolute Gasteiger partial charge is 0.423 e. The zero-order valence-corrected chi connectivity index (χ0v) is 27.4. The molecule has 1 saturated heterocycles. The molecule has 12 heteroatoms. The molecule has 4 aromatic rings. The van der Waals surface area contributed by atoms with Gasteiger partial charge in [0, 0.05) is 20.2 Å². The Labute approximate surface area is 263 Å². The third kappa shape index (κ3) is 7.40. The van der Waals surface area contributed by atoms with E-state index in [1.807, 2.05) is 12.1 Å². The SMILES string of the molecule is Cc1ccc(N2C(=O)C(=O)C(C(=O)c3ccc(C(C)C)cc3)C2c2ccc(Oc3ncn(COCC[Si](C)(C)C)n3)cc2)nn1. The van der Waals surface area contributed by atoms with Crippen LogP contribution in [-0.2, 0) is 21.1 Å². The number of aromatic nitrogens is 5. The fourth-order valence-electron chi connectivity index (χ4n) is 5.01. The molecule has 3 heterocycles. The highest BCUT2D eigenvalue weighted by atomic mass is 28.3. The van der Waals surface area contributed by atoms with Crippen LogP contribution in [0, 0.1) is 12.8 Å². The van der Waals surface area contributed by atoms with Gasteiger partial charge in [-0.3, -0.25) is 19.3 Å². The highest BCUT2D eigenvalue weighted by molar-refractivity contribution is 6.76. The molecule has 0 N–H and O–H groups in total. The summed E-state index contributed by atoms with van der Waals surface area (Å²) >= 11 is 0. The lowest BCUT2D eigenvalue weighted by Gasteiger charge is -2.26. The predicted molar refractivity (Wildman–Crippen MR) is 171 cm³/mol. The van der Waals surface area contributed by atoms with Crippen LogP contribution >= 0.6 is 0 Å². The van der Waals surface area contributed by atoms with Gasteiger partial charge in [-0.25, -0.2) is 4.68 Å². The van der Waals surface area contributed by atoms with Crippen molar-refractivity contribution in [3.05, 3.63) is 89.4 Å². The highest BCUT2D eigenvalue weighted by Gasteiger charge is 2.53. The topological polar surface area (TPSA) is 129 Å². The molecule has 5 rings (SSSR count). The summed E-state index contributed by atoms with van der Waals surface area (Å²) in [6, 6.07) is 17.6. The van der Waals surface area contributed by atoms with E-state index >= 15 is 0 Å². The van der Waals surface area contributed by atoms with Crippen molar-refractivity contribution in [2.75, 3.05) is 11.5 Å². The summed E-state index contributed by atoms with van der Waals surface area (Å²) in [6.07, 6.45) is 1.54. The number of ether oxygens (including phenoxy) is 2. The van der Waals surface area contributed by atoms with Crippen LogP contribution in [-0.4, -0.2) is 57.1 Å². The lowest BCUT2D eigenvalue weighted by molar-refractivity contribution is -0.135. The molecule has 0 bridgehead atoms. The molecule has 1 aliphatic rings. The first kappa shape index (κ1) is 31.9. The maximum absolute atomic E-state index is 13.9. The first-order valence-electron chi connectivity index (χ1n) is 15.0. The van der Waals surface area contributed by atoms with E-state index in [2.05, 4.69) is 53.8 Å². The smallest absolute Gasteiger partial charge is 0.341 e. The molecular formula is C33H38N6O5Si. The predicted octanol–water partition coefficient (Wildman–Crippen LogP) is 5.76. The summed E-state index contributed by atoms with van der Waals surface area (Å²) in [6.45, 7) is 13.7. The minimum Gasteiger partial charge on any atom is -0.423 e. The number of amides is 1. The van der Waals surface area contributed by atoms with Gasteiger partial charge < -0.3 is 9.47 Å². The van der Waals surface area contributed by atoms with Gasteiger partial charge in [0.2, 0.25) is 5.78 Å². The lowest BCUT2D eigenvalue weighted by Crippen LogP contribution is -2.31. The van der Waals surface area contributed by atoms with E-state index in [9.17, 15) is 14.4 Å². The molecule has 2 atom stereocenters. The Kier molecular flexibility index (Phi) is 9.35. The Morgan fingerprint density at radius 1 is 0.956 bits per heavy atom. The zero-order chi connectivity index (χ0) is 32.3. The van der Waals surface area contributed by atoms with Crippen LogP contribution in [0.25, 0.3) is 0 Å². The molecule has 0 aliphatic carbocycles. The molecule has 2 aromatic heterocycles. The summed E-state index contributed by atoms with van der Waals surface area (Å²) in [5.41, 5.74) is 2.65. The Morgan fingerprint density at radius 3 is 2.29 bits per heavy atom. The second-order valence-electron chi connectivity index (χ2n) is 12.7. The number of benzene rings is 2. The van der Waals surface area contributed by atoms with Crippen LogP contribution in [0.3, 0.4) is 0 Å². The van der Waals surface area contributed by atoms with Gasteiger partial charge in [-0.2, -0.15) is 10.1 Å². The van der Waals surface area contributed by atoms with Gasteiger partial charge >= 0.3 is 6.01 Å². The van der Waals surface area contributed by atoms with Crippen molar-refractivity contribution in [3.8, 4) is 11.8 Å². The maximum atomic E-state index is 13.9. The van der Waals surface area contributed by atoms with E-state index in [1.165, 1.54) is 4.90 Å². The summed E-state index contributed by atoms with van der Waals surface area (Å²) < 4.78 is 13.1. The van der Waals surface area contributed by atoms with Gasteiger partial charge in [0.25, 0.3) is 5.91 Å². The molecule has 1 fully saturated rings. The normalized spacial score (nSPS) is 16.9. The van der Waals surface area contributed by atoms with Crippen molar-refractivity contribution in [1.29, 1.82) is 0 Å². The van der Waals surface area contributed by atoms with E-state index in [1.54, 1.807) is 66.5 Å². The van der Waals surface area contributed by atoms with Crippen LogP contribution in [0.5, 0.6) is 11.8 Å². The first-order valence-corrected chi connectivity index (χ1v) is 18.7. The van der Waals surface area contributed by atoms with Gasteiger partial charge in [0.05, 0.1) is 11.7 Å². The Morgan fingerprint density at radius 2 is 1.67 bits per heavy atom. The van der Waals surface area contributed by atoms with Crippen molar-refractivity contribution in [3.63, 3.8) is 0 Å². The highest BCUT2D eigenvalue weighted by Crippen LogP contribution is 2.41. The number of aryl methyl sites for hydroxylation is 1. The molecule has 0 spiro atoms. The van der Waals surface area contributed by atoms with Crippen LogP contribution in [0.2, 0.25) is 25.7 Å². The molecule has 1 amide bonds. The number of hydrogen-bond donors (Lipinski definition) is 0. The summed E-state index contributed by atoms with van der Waals surface area (Å²) in [5, 5.41) is 12.6. The standard InChI is InChI=1S/C33H38N6O5Si/c1-21(2)23-8-10-25(11-9-23)30(40)28-29(39(32(42)31(28)41)27-16-7-22(3)35-36-27)24-12-14-26(15-13-24)44-33-34-19-38(37-33)20-43-17-18-45(4,5)6/h7-16,19,21,28-29H,17-18,20H2,1-6H3. The summed E-state index contributed by atoms with van der Waals surface area (Å²) in [5.74, 6) is -2.38. The molecule has 234 valence electrons. The van der Waals surface area contributed by atoms with Crippen molar-refractivity contribution in [1.82, 2.24) is 25.0 Å². The molecule has 0 saturated carbocycles. The molecule has 2 unspecified atom stereocenters. The summed E-state index contributed by atoms with van der Waals surface area (Å²) in [4.78, 5) is 46.2. The van der Waals surface area contributed by atoms with E-state index in [0.717, 1.165) is 11.6 Å². The maximum Gasteiger partial charge on any atom is 0.341 e. The molecule has 45 heavy (non-hydrogen) atoms. The number of Topliss-reactive ketones (excluding diaryl/α,β-unsaturated/α-hetero) is 2. The fraction of sp³-hybridized carbons (Fsp3) is 0.364. The van der Waals surface area contributed by atoms with E-state index in [0.29, 0.717) is 29.2 Å². The van der Waals surface area contributed by atoms with E-state index < -0.39 is 37.5 Å². The summed E-state index contributed by atoms with van der Waals surface area (Å²) in [7, 11) is -1.18. The number of carbonyl (C=O) groups excluding carboxylic acids is 3. The number of hydrogen-bond acceptors (Lipinski definition) is 9. The molecule has 2 aromatic carbocycles. The van der Waals surface area contributed by atoms with Crippen LogP contribution in [0.1, 0.15) is 53.0 Å². The van der Waals surface area contributed by atoms with Crippen molar-refractivity contribution >= 4 is 31.4 Å². The Bertz CT molecular complexity index is 1660. The molecule has 0 radical (unpaired) electrons. The average Bonchev–Trinajstić information content (AvgIpc) is 3.56. The number of ketones is 2. The minimum absolute atomic E-state index is 0.150. The van der Waals surface area contributed by atoms with Gasteiger partial charge in [-0.05, 0) is 54.3 Å². The number of anilines is 1. The number of rotatable bonds is 12. The van der Waals surface area contributed by atoms with Crippen LogP contribution in [0.15, 0.2) is 67.0 Å². The van der Waals surface area contributed by atoms with E-state index in [4.69, 9.17) is 9.47 Å². The van der Waals surface area contributed by atoms with Gasteiger partial charge in [-0.1, -0.05) is 69.9 Å². The fourth-order valence-corrected chi connectivity index (χ4v) is 5.77. The first-order chi connectivity index (χ1) is 21.4. The quantitative estimate of drug-likeness (QED) is 0.0633. The van der Waals surface area contributed by atoms with Crippen molar-refractivity contribution in [2.24, 2.45) is 5.92 Å². The van der Waals surface area contributed by atoms with Gasteiger partial charge in [-0.15, -0.1) is 10.2 Å². The second-order valence-corrected chi connectivity index (χ2v) is 18.3. The van der Waals surface area contributed by atoms with Gasteiger partial charge in [0.15, 0.2) is 11.6 Å². The van der Waals surface area contributed by atoms with Crippen LogP contribution < -0.4 is 9.64 Å². The average molecular weight is 627 g/mol. The number of nitrogens with zero attached hydrogens (tertiary/aromatic N) is 6. The zero-order valence-electron chi connectivity index (χ0n) is 26.4.